The molecule has 0 bridgehead atoms. The molecule has 0 aliphatic carbocycles. The fourth-order valence-electron chi connectivity index (χ4n) is 2.15. The second-order valence-corrected chi connectivity index (χ2v) is 5.07. The van der Waals surface area contributed by atoms with Gasteiger partial charge in [0.25, 0.3) is 0 Å². The number of hydrogen-bond donors (Lipinski definition) is 0. The Morgan fingerprint density at radius 3 is 2.37 bits per heavy atom. The second kappa shape index (κ2) is 6.71. The Labute approximate surface area is 115 Å². The van der Waals surface area contributed by atoms with Gasteiger partial charge in [-0.2, -0.15) is 0 Å². The Morgan fingerprint density at radius 2 is 1.89 bits per heavy atom. The first-order valence-electron chi connectivity index (χ1n) is 6.74. The first-order valence-corrected chi connectivity index (χ1v) is 6.74. The summed E-state index contributed by atoms with van der Waals surface area (Å²) in [6, 6.07) is 3.78. The van der Waals surface area contributed by atoms with Crippen LogP contribution in [0.2, 0.25) is 0 Å². The van der Waals surface area contributed by atoms with Crippen molar-refractivity contribution in [3.8, 4) is 5.75 Å². The third kappa shape index (κ3) is 3.35. The average molecular weight is 264 g/mol. The number of rotatable bonds is 6. The Balaban J connectivity index is 3.21. The summed E-state index contributed by atoms with van der Waals surface area (Å²) >= 11 is 0. The van der Waals surface area contributed by atoms with Gasteiger partial charge in [0.15, 0.2) is 5.78 Å². The van der Waals surface area contributed by atoms with Crippen LogP contribution in [0.25, 0.3) is 0 Å². The van der Waals surface area contributed by atoms with E-state index in [9.17, 15) is 4.79 Å². The van der Waals surface area contributed by atoms with Gasteiger partial charge in [0.1, 0.15) is 11.9 Å². The minimum absolute atomic E-state index is 0.00296. The van der Waals surface area contributed by atoms with Gasteiger partial charge in [-0.05, 0) is 43.9 Å². The van der Waals surface area contributed by atoms with Crippen LogP contribution >= 0.6 is 0 Å². The molecule has 0 saturated carbocycles. The van der Waals surface area contributed by atoms with E-state index in [0.717, 1.165) is 11.1 Å². The minimum Gasteiger partial charge on any atom is -0.496 e. The highest BCUT2D eigenvalue weighted by Gasteiger charge is 2.27. The van der Waals surface area contributed by atoms with E-state index in [2.05, 4.69) is 0 Å². The van der Waals surface area contributed by atoms with Crippen LogP contribution in [0.3, 0.4) is 0 Å². The van der Waals surface area contributed by atoms with Crippen molar-refractivity contribution in [1.82, 2.24) is 0 Å². The average Bonchev–Trinajstić information content (AvgIpc) is 2.37. The zero-order chi connectivity index (χ0) is 14.6. The molecule has 1 atom stereocenters. The molecule has 0 aliphatic rings. The predicted molar refractivity (Wildman–Crippen MR) is 77.1 cm³/mol. The van der Waals surface area contributed by atoms with E-state index >= 15 is 0 Å². The summed E-state index contributed by atoms with van der Waals surface area (Å²) < 4.78 is 11.0. The van der Waals surface area contributed by atoms with Crippen molar-refractivity contribution < 1.29 is 14.3 Å². The highest BCUT2D eigenvalue weighted by Crippen LogP contribution is 2.28. The maximum atomic E-state index is 12.6. The molecule has 0 amide bonds. The maximum absolute atomic E-state index is 12.6. The molecule has 3 nitrogen and oxygen atoms in total. The quantitative estimate of drug-likeness (QED) is 0.737. The predicted octanol–water partition coefficient (Wildman–Crippen LogP) is 3.56. The fourth-order valence-corrected chi connectivity index (χ4v) is 2.15. The van der Waals surface area contributed by atoms with Crippen molar-refractivity contribution >= 4 is 5.78 Å². The first-order chi connectivity index (χ1) is 8.93. The molecule has 0 spiro atoms. The second-order valence-electron chi connectivity index (χ2n) is 5.07. The van der Waals surface area contributed by atoms with Crippen LogP contribution in [0.1, 0.15) is 42.3 Å². The molecular formula is C16H24O3. The third-order valence-electron chi connectivity index (χ3n) is 3.36. The Kier molecular flexibility index (Phi) is 5.55. The summed E-state index contributed by atoms with van der Waals surface area (Å²) in [4.78, 5) is 12.6. The van der Waals surface area contributed by atoms with Crippen molar-refractivity contribution in [2.24, 2.45) is 5.92 Å². The number of carbonyl (C=O) groups excluding carboxylic acids is 1. The molecule has 1 aromatic carbocycles. The normalized spacial score (nSPS) is 12.6. The van der Waals surface area contributed by atoms with Crippen LogP contribution in [0.4, 0.5) is 0 Å². The van der Waals surface area contributed by atoms with Gasteiger partial charge < -0.3 is 9.47 Å². The summed E-state index contributed by atoms with van der Waals surface area (Å²) in [6.45, 7) is 10.4. The van der Waals surface area contributed by atoms with E-state index in [1.54, 1.807) is 7.11 Å². The Hall–Kier alpha value is -1.35. The molecule has 1 rings (SSSR count). The lowest BCUT2D eigenvalue weighted by Crippen LogP contribution is -2.30. The monoisotopic (exact) mass is 264 g/mol. The minimum atomic E-state index is -0.416. The van der Waals surface area contributed by atoms with Crippen molar-refractivity contribution in [2.45, 2.75) is 40.7 Å². The fraction of sp³-hybridized carbons (Fsp3) is 0.562. The number of Topliss-reactive ketones (excluding diaryl/α,β-unsaturated/α-hetero) is 1. The topological polar surface area (TPSA) is 35.5 Å². The van der Waals surface area contributed by atoms with Gasteiger partial charge in [0, 0.05) is 6.61 Å². The van der Waals surface area contributed by atoms with Crippen molar-refractivity contribution in [1.29, 1.82) is 0 Å². The molecule has 0 saturated heterocycles. The maximum Gasteiger partial charge on any atom is 0.195 e. The molecule has 3 heteroatoms. The number of ketones is 1. The van der Waals surface area contributed by atoms with E-state index in [4.69, 9.17) is 9.47 Å². The Bertz CT molecular complexity index is 450. The van der Waals surface area contributed by atoms with Gasteiger partial charge in [-0.25, -0.2) is 0 Å². The van der Waals surface area contributed by atoms with Crippen LogP contribution < -0.4 is 4.74 Å². The number of hydrogen-bond acceptors (Lipinski definition) is 3. The zero-order valence-electron chi connectivity index (χ0n) is 12.7. The lowest BCUT2D eigenvalue weighted by molar-refractivity contribution is 0.0277. The first kappa shape index (κ1) is 15.7. The van der Waals surface area contributed by atoms with Crippen molar-refractivity contribution in [3.63, 3.8) is 0 Å². The molecular weight excluding hydrogens is 240 g/mol. The van der Waals surface area contributed by atoms with Crippen molar-refractivity contribution in [2.75, 3.05) is 13.7 Å². The van der Waals surface area contributed by atoms with E-state index in [-0.39, 0.29) is 11.7 Å². The van der Waals surface area contributed by atoms with Crippen LogP contribution in [0.5, 0.6) is 5.75 Å². The van der Waals surface area contributed by atoms with Crippen LogP contribution in [0.15, 0.2) is 12.1 Å². The van der Waals surface area contributed by atoms with E-state index < -0.39 is 6.10 Å². The van der Waals surface area contributed by atoms with E-state index in [0.29, 0.717) is 17.9 Å². The van der Waals surface area contributed by atoms with Gasteiger partial charge in [0.05, 0.1) is 12.7 Å². The zero-order valence-corrected chi connectivity index (χ0v) is 12.7. The standard InChI is InChI=1S/C16H24O3/c1-7-19-15(10(2)3)14(17)13-9-8-11(4)12(5)16(13)18-6/h8-10,15H,7H2,1-6H3. The number of carbonyl (C=O) groups is 1. The smallest absolute Gasteiger partial charge is 0.195 e. The van der Waals surface area contributed by atoms with Crippen LogP contribution in [-0.4, -0.2) is 25.6 Å². The molecule has 0 aromatic heterocycles. The summed E-state index contributed by atoms with van der Waals surface area (Å²) in [6.07, 6.45) is -0.416. The molecule has 0 heterocycles. The molecule has 1 aromatic rings. The van der Waals surface area contributed by atoms with Crippen LogP contribution in [0, 0.1) is 19.8 Å². The third-order valence-corrected chi connectivity index (χ3v) is 3.36. The van der Waals surface area contributed by atoms with E-state index in [1.807, 2.05) is 46.8 Å². The lowest BCUT2D eigenvalue weighted by Gasteiger charge is -2.21. The summed E-state index contributed by atoms with van der Waals surface area (Å²) in [5.41, 5.74) is 2.73. The van der Waals surface area contributed by atoms with Gasteiger partial charge in [-0.15, -0.1) is 0 Å². The molecule has 19 heavy (non-hydrogen) atoms. The summed E-state index contributed by atoms with van der Waals surface area (Å²) in [5.74, 6) is 0.797. The molecule has 1 unspecified atom stereocenters. The number of ether oxygens (including phenoxy) is 2. The molecule has 0 aliphatic heterocycles. The van der Waals surface area contributed by atoms with Gasteiger partial charge in [-0.3, -0.25) is 4.79 Å². The van der Waals surface area contributed by atoms with Crippen molar-refractivity contribution in [3.05, 3.63) is 28.8 Å². The Morgan fingerprint density at radius 1 is 1.26 bits per heavy atom. The largest absolute Gasteiger partial charge is 0.496 e. The number of aryl methyl sites for hydroxylation is 1. The molecule has 0 radical (unpaired) electrons. The lowest BCUT2D eigenvalue weighted by atomic mass is 9.94. The van der Waals surface area contributed by atoms with E-state index in [1.165, 1.54) is 0 Å². The highest BCUT2D eigenvalue weighted by molar-refractivity contribution is 6.02. The van der Waals surface area contributed by atoms with Gasteiger partial charge >= 0.3 is 0 Å². The number of methoxy groups -OCH3 is 1. The number of benzene rings is 1. The van der Waals surface area contributed by atoms with Crippen LogP contribution in [-0.2, 0) is 4.74 Å². The van der Waals surface area contributed by atoms with Gasteiger partial charge in [-0.1, -0.05) is 19.9 Å². The molecule has 0 N–H and O–H groups in total. The molecule has 0 fully saturated rings. The highest BCUT2D eigenvalue weighted by atomic mass is 16.5. The summed E-state index contributed by atoms with van der Waals surface area (Å²) in [7, 11) is 1.60. The van der Waals surface area contributed by atoms with Gasteiger partial charge in [0.2, 0.25) is 0 Å². The SMILES string of the molecule is CCOC(C(=O)c1ccc(C)c(C)c1OC)C(C)C. The summed E-state index contributed by atoms with van der Waals surface area (Å²) in [5, 5.41) is 0. The molecule has 106 valence electrons.